The molecular formula is C12H17N5O3. The molecule has 1 amide bonds. The van der Waals surface area contributed by atoms with Gasteiger partial charge in [0.05, 0.1) is 4.92 Å². The van der Waals surface area contributed by atoms with Crippen LogP contribution in [0.5, 0.6) is 0 Å². The number of amides is 1. The van der Waals surface area contributed by atoms with Gasteiger partial charge in [-0.15, -0.1) is 0 Å². The standard InChI is InChI=1S/C12H17N5O3/c1-14-12(18)10-6-3-7-16(10)9-5-2-4-8(15-13)11(9)17(19)20/h2,4-5,10,15H,3,6-7,13H2,1H3,(H,14,18). The van der Waals surface area contributed by atoms with Gasteiger partial charge in [0.1, 0.15) is 17.4 Å². The van der Waals surface area contributed by atoms with Gasteiger partial charge in [0.2, 0.25) is 5.91 Å². The molecule has 2 rings (SSSR count). The van der Waals surface area contributed by atoms with Gasteiger partial charge < -0.3 is 15.6 Å². The highest BCUT2D eigenvalue weighted by molar-refractivity contribution is 5.88. The number of nitrogen functional groups attached to an aromatic ring is 1. The van der Waals surface area contributed by atoms with Gasteiger partial charge in [-0.1, -0.05) is 6.07 Å². The van der Waals surface area contributed by atoms with Crippen LogP contribution in [0.3, 0.4) is 0 Å². The number of nitro groups is 1. The summed E-state index contributed by atoms with van der Waals surface area (Å²) in [5.41, 5.74) is 2.87. The molecule has 4 N–H and O–H groups in total. The number of anilines is 2. The Kier molecular flexibility index (Phi) is 4.04. The highest BCUT2D eigenvalue weighted by Crippen LogP contribution is 2.38. The minimum atomic E-state index is -0.482. The summed E-state index contributed by atoms with van der Waals surface area (Å²) in [6.45, 7) is 0.604. The summed E-state index contributed by atoms with van der Waals surface area (Å²) in [7, 11) is 1.56. The third kappa shape index (κ3) is 2.37. The molecule has 0 aromatic heterocycles. The van der Waals surface area contributed by atoms with E-state index < -0.39 is 4.92 Å². The highest BCUT2D eigenvalue weighted by atomic mass is 16.6. The summed E-state index contributed by atoms with van der Waals surface area (Å²) < 4.78 is 0. The fraction of sp³-hybridized carbons (Fsp3) is 0.417. The van der Waals surface area contributed by atoms with Crippen molar-refractivity contribution in [2.45, 2.75) is 18.9 Å². The number of nitrogens with zero attached hydrogens (tertiary/aromatic N) is 2. The van der Waals surface area contributed by atoms with Crippen LogP contribution in [0.25, 0.3) is 0 Å². The van der Waals surface area contributed by atoms with Crippen LogP contribution in [0.1, 0.15) is 12.8 Å². The Morgan fingerprint density at radius 3 is 2.90 bits per heavy atom. The number of hydrazine groups is 1. The summed E-state index contributed by atoms with van der Waals surface area (Å²) in [6, 6.07) is 4.47. The smallest absolute Gasteiger partial charge is 0.316 e. The van der Waals surface area contributed by atoms with Crippen LogP contribution in [0.4, 0.5) is 17.1 Å². The number of hydrogen-bond donors (Lipinski definition) is 3. The number of benzene rings is 1. The lowest BCUT2D eigenvalue weighted by molar-refractivity contribution is -0.383. The zero-order chi connectivity index (χ0) is 14.7. The number of nitro benzene ring substituents is 1. The molecule has 0 spiro atoms. The monoisotopic (exact) mass is 279 g/mol. The molecule has 20 heavy (non-hydrogen) atoms. The summed E-state index contributed by atoms with van der Waals surface area (Å²) >= 11 is 0. The molecule has 1 aromatic carbocycles. The van der Waals surface area contributed by atoms with Crippen molar-refractivity contribution in [3.8, 4) is 0 Å². The molecule has 108 valence electrons. The van der Waals surface area contributed by atoms with E-state index in [4.69, 9.17) is 5.84 Å². The van der Waals surface area contributed by atoms with Crippen molar-refractivity contribution in [1.82, 2.24) is 5.32 Å². The van der Waals surface area contributed by atoms with Crippen molar-refractivity contribution in [3.05, 3.63) is 28.3 Å². The van der Waals surface area contributed by atoms with Gasteiger partial charge in [0.25, 0.3) is 0 Å². The minimum absolute atomic E-state index is 0.106. The summed E-state index contributed by atoms with van der Waals surface area (Å²) in [5, 5.41) is 13.9. The van der Waals surface area contributed by atoms with Gasteiger partial charge in [0, 0.05) is 13.6 Å². The summed E-state index contributed by atoms with van der Waals surface area (Å²) in [4.78, 5) is 24.4. The average Bonchev–Trinajstić information content (AvgIpc) is 2.94. The molecule has 1 fully saturated rings. The first-order chi connectivity index (χ1) is 9.60. The number of hydrogen-bond acceptors (Lipinski definition) is 6. The third-order valence-electron chi connectivity index (χ3n) is 3.46. The lowest BCUT2D eigenvalue weighted by Crippen LogP contribution is -2.42. The summed E-state index contributed by atoms with van der Waals surface area (Å²) in [5.74, 6) is 5.19. The predicted molar refractivity (Wildman–Crippen MR) is 75.3 cm³/mol. The quantitative estimate of drug-likeness (QED) is 0.422. The van der Waals surface area contributed by atoms with Gasteiger partial charge in [-0.2, -0.15) is 0 Å². The van der Waals surface area contributed by atoms with Gasteiger partial charge in [0.15, 0.2) is 0 Å². The molecule has 1 saturated heterocycles. The normalized spacial score (nSPS) is 17.9. The maximum Gasteiger partial charge on any atom is 0.316 e. The fourth-order valence-electron chi connectivity index (χ4n) is 2.57. The largest absolute Gasteiger partial charge is 0.357 e. The molecule has 1 aliphatic rings. The van der Waals surface area contributed by atoms with Gasteiger partial charge in [-0.05, 0) is 25.0 Å². The number of rotatable bonds is 4. The molecule has 0 radical (unpaired) electrons. The zero-order valence-corrected chi connectivity index (χ0v) is 11.1. The predicted octanol–water partition coefficient (Wildman–Crippen LogP) is 0.595. The van der Waals surface area contributed by atoms with Crippen LogP contribution in [0.15, 0.2) is 18.2 Å². The van der Waals surface area contributed by atoms with Crippen molar-refractivity contribution in [2.75, 3.05) is 23.9 Å². The second-order valence-electron chi connectivity index (χ2n) is 4.54. The van der Waals surface area contributed by atoms with Crippen LogP contribution in [0.2, 0.25) is 0 Å². The van der Waals surface area contributed by atoms with E-state index in [0.717, 1.165) is 6.42 Å². The highest BCUT2D eigenvalue weighted by Gasteiger charge is 2.34. The van der Waals surface area contributed by atoms with E-state index in [1.807, 2.05) is 0 Å². The molecule has 8 nitrogen and oxygen atoms in total. The number of para-hydroxylation sites is 1. The Bertz CT molecular complexity index is 534. The van der Waals surface area contributed by atoms with Gasteiger partial charge in [-0.3, -0.25) is 20.8 Å². The second kappa shape index (κ2) is 5.74. The van der Waals surface area contributed by atoms with Crippen LogP contribution in [-0.2, 0) is 4.79 Å². The molecule has 1 aromatic rings. The van der Waals surface area contributed by atoms with Crippen LogP contribution >= 0.6 is 0 Å². The van der Waals surface area contributed by atoms with Crippen molar-refractivity contribution in [3.63, 3.8) is 0 Å². The number of nitrogens with two attached hydrogens (primary N) is 1. The topological polar surface area (TPSA) is 114 Å². The van der Waals surface area contributed by atoms with E-state index in [2.05, 4.69) is 10.7 Å². The SMILES string of the molecule is CNC(=O)C1CCCN1c1cccc(NN)c1[N+](=O)[O-]. The minimum Gasteiger partial charge on any atom is -0.357 e. The maximum atomic E-state index is 11.9. The van der Waals surface area contributed by atoms with Crippen molar-refractivity contribution >= 4 is 23.0 Å². The lowest BCUT2D eigenvalue weighted by atomic mass is 10.1. The average molecular weight is 279 g/mol. The van der Waals surface area contributed by atoms with Crippen molar-refractivity contribution < 1.29 is 9.72 Å². The molecule has 1 unspecified atom stereocenters. The zero-order valence-electron chi connectivity index (χ0n) is 11.1. The second-order valence-corrected chi connectivity index (χ2v) is 4.54. The number of carbonyl (C=O) groups is 1. The van der Waals surface area contributed by atoms with Crippen molar-refractivity contribution in [2.24, 2.45) is 5.84 Å². The van der Waals surface area contributed by atoms with Crippen LogP contribution < -0.4 is 21.5 Å². The van der Waals surface area contributed by atoms with E-state index in [1.165, 1.54) is 6.07 Å². The Hall–Kier alpha value is -2.35. The molecule has 1 atom stereocenters. The Labute approximate surface area is 116 Å². The number of nitrogens with one attached hydrogen (secondary N) is 2. The summed E-state index contributed by atoms with van der Waals surface area (Å²) in [6.07, 6.45) is 1.49. The van der Waals surface area contributed by atoms with E-state index in [1.54, 1.807) is 24.1 Å². The third-order valence-corrected chi connectivity index (χ3v) is 3.46. The first-order valence-electron chi connectivity index (χ1n) is 6.32. The van der Waals surface area contributed by atoms with E-state index >= 15 is 0 Å². The Morgan fingerprint density at radius 2 is 2.30 bits per heavy atom. The maximum absolute atomic E-state index is 11.9. The van der Waals surface area contributed by atoms with E-state index in [-0.39, 0.29) is 23.3 Å². The van der Waals surface area contributed by atoms with Crippen LogP contribution in [-0.4, -0.2) is 30.5 Å². The molecule has 0 saturated carbocycles. The number of carbonyl (C=O) groups excluding carboxylic acids is 1. The Morgan fingerprint density at radius 1 is 1.55 bits per heavy atom. The Balaban J connectivity index is 2.46. The molecular weight excluding hydrogens is 262 g/mol. The number of likely N-dealkylation sites (N-methyl/N-ethyl adjacent to an activating group) is 1. The van der Waals surface area contributed by atoms with Gasteiger partial charge >= 0.3 is 5.69 Å². The molecule has 0 bridgehead atoms. The first kappa shape index (κ1) is 14.1. The fourth-order valence-corrected chi connectivity index (χ4v) is 2.57. The first-order valence-corrected chi connectivity index (χ1v) is 6.32. The molecule has 0 aliphatic carbocycles. The van der Waals surface area contributed by atoms with Crippen molar-refractivity contribution in [1.29, 1.82) is 0 Å². The molecule has 1 aliphatic heterocycles. The lowest BCUT2D eigenvalue weighted by Gasteiger charge is -2.25. The van der Waals surface area contributed by atoms with Crippen LogP contribution in [0, 0.1) is 10.1 Å². The van der Waals surface area contributed by atoms with Gasteiger partial charge in [-0.25, -0.2) is 0 Å². The van der Waals surface area contributed by atoms with E-state index in [9.17, 15) is 14.9 Å². The molecule has 8 heteroatoms. The van der Waals surface area contributed by atoms with E-state index in [0.29, 0.717) is 18.7 Å². The molecule has 1 heterocycles.